The van der Waals surface area contributed by atoms with Gasteiger partial charge in [0, 0.05) is 20.1 Å². The molecule has 0 saturated carbocycles. The van der Waals surface area contributed by atoms with Gasteiger partial charge >= 0.3 is 0 Å². The Morgan fingerprint density at radius 2 is 1.65 bits per heavy atom. The molecule has 1 aliphatic rings. The van der Waals surface area contributed by atoms with Crippen LogP contribution in [0.25, 0.3) is 11.2 Å². The lowest BCUT2D eigenvalue weighted by molar-refractivity contribution is 0.905. The van der Waals surface area contributed by atoms with Gasteiger partial charge in [-0.05, 0) is 24.4 Å². The van der Waals surface area contributed by atoms with Crippen molar-refractivity contribution in [2.45, 2.75) is 40.5 Å². The standard InChI is InChI=1S/C10H12ClN5.2C2H6/c1-15-6-12-8-7(15)9(14-10(11)13-8)16-4-2-3-5-16;2*1-2/h6H,2-5H2,1H3;2*1-2H3. The average molecular weight is 298 g/mol. The Balaban J connectivity index is 0.000000461. The SMILES string of the molecule is CC.CC.Cn1cnc2nc(Cl)nc(N3CCCC3)c21. The van der Waals surface area contributed by atoms with E-state index in [1.165, 1.54) is 12.8 Å². The van der Waals surface area contributed by atoms with Crippen LogP contribution in [-0.2, 0) is 7.05 Å². The molecule has 6 heteroatoms. The number of rotatable bonds is 1. The minimum Gasteiger partial charge on any atom is -0.355 e. The first-order valence-corrected chi connectivity index (χ1v) is 7.73. The lowest BCUT2D eigenvalue weighted by Crippen LogP contribution is -2.20. The summed E-state index contributed by atoms with van der Waals surface area (Å²) in [5.74, 6) is 0.910. The summed E-state index contributed by atoms with van der Waals surface area (Å²) in [5.41, 5.74) is 1.63. The monoisotopic (exact) mass is 297 g/mol. The molecule has 0 N–H and O–H groups in total. The fraction of sp³-hybridized carbons (Fsp3) is 0.643. The highest BCUT2D eigenvalue weighted by Crippen LogP contribution is 2.26. The van der Waals surface area contributed by atoms with E-state index in [1.807, 2.05) is 39.3 Å². The lowest BCUT2D eigenvalue weighted by atomic mass is 10.4. The van der Waals surface area contributed by atoms with Gasteiger partial charge in [-0.3, -0.25) is 0 Å². The predicted molar refractivity (Wildman–Crippen MR) is 85.5 cm³/mol. The van der Waals surface area contributed by atoms with Crippen LogP contribution in [0.3, 0.4) is 0 Å². The van der Waals surface area contributed by atoms with Crippen molar-refractivity contribution in [3.8, 4) is 0 Å². The quantitative estimate of drug-likeness (QED) is 0.754. The number of halogens is 1. The Labute approximate surface area is 126 Å². The molecule has 0 bridgehead atoms. The van der Waals surface area contributed by atoms with E-state index in [0.29, 0.717) is 5.65 Å². The minimum atomic E-state index is 0.271. The van der Waals surface area contributed by atoms with Crippen LogP contribution in [0.1, 0.15) is 40.5 Å². The molecule has 0 spiro atoms. The molecule has 2 aromatic rings. The molecule has 0 aliphatic carbocycles. The van der Waals surface area contributed by atoms with Gasteiger partial charge in [-0.15, -0.1) is 0 Å². The zero-order chi connectivity index (χ0) is 15.1. The van der Waals surface area contributed by atoms with Crippen molar-refractivity contribution in [2.24, 2.45) is 7.05 Å². The van der Waals surface area contributed by atoms with Crippen LogP contribution in [0.4, 0.5) is 5.82 Å². The minimum absolute atomic E-state index is 0.271. The molecular weight excluding hydrogens is 274 g/mol. The first-order chi connectivity index (χ1) is 9.75. The van der Waals surface area contributed by atoms with Crippen molar-refractivity contribution >= 4 is 28.6 Å². The van der Waals surface area contributed by atoms with Gasteiger partial charge in [-0.2, -0.15) is 9.97 Å². The van der Waals surface area contributed by atoms with E-state index < -0.39 is 0 Å². The number of hydrogen-bond acceptors (Lipinski definition) is 4. The maximum absolute atomic E-state index is 5.91. The summed E-state index contributed by atoms with van der Waals surface area (Å²) in [7, 11) is 1.95. The Morgan fingerprint density at radius 3 is 2.25 bits per heavy atom. The molecule has 0 radical (unpaired) electrons. The number of anilines is 1. The molecule has 1 fully saturated rings. The predicted octanol–water partition coefficient (Wildman–Crippen LogP) is 3.67. The van der Waals surface area contributed by atoms with Crippen LogP contribution in [0, 0.1) is 0 Å². The Kier molecular flexibility index (Phi) is 6.71. The molecule has 1 saturated heterocycles. The van der Waals surface area contributed by atoms with Crippen molar-refractivity contribution in [1.82, 2.24) is 19.5 Å². The summed E-state index contributed by atoms with van der Waals surface area (Å²) < 4.78 is 1.94. The summed E-state index contributed by atoms with van der Waals surface area (Å²) in [6.45, 7) is 10.1. The maximum Gasteiger partial charge on any atom is 0.226 e. The van der Waals surface area contributed by atoms with Crippen LogP contribution >= 0.6 is 11.6 Å². The second kappa shape index (κ2) is 8.04. The smallest absolute Gasteiger partial charge is 0.226 e. The topological polar surface area (TPSA) is 46.8 Å². The lowest BCUT2D eigenvalue weighted by Gasteiger charge is -2.17. The number of aromatic nitrogens is 4. The normalized spacial score (nSPS) is 13.6. The molecular formula is C14H24ClN5. The highest BCUT2D eigenvalue weighted by Gasteiger charge is 2.20. The molecule has 0 unspecified atom stereocenters. The van der Waals surface area contributed by atoms with E-state index in [1.54, 1.807) is 6.33 Å². The van der Waals surface area contributed by atoms with Gasteiger partial charge < -0.3 is 9.47 Å². The first-order valence-electron chi connectivity index (χ1n) is 7.35. The van der Waals surface area contributed by atoms with Crippen LogP contribution in [0.2, 0.25) is 5.28 Å². The molecule has 2 aromatic heterocycles. The fourth-order valence-corrected chi connectivity index (χ4v) is 2.32. The highest BCUT2D eigenvalue weighted by atomic mass is 35.5. The number of nitrogens with zero attached hydrogens (tertiary/aromatic N) is 5. The van der Waals surface area contributed by atoms with Gasteiger partial charge in [0.15, 0.2) is 11.5 Å². The fourth-order valence-electron chi connectivity index (χ4n) is 2.16. The van der Waals surface area contributed by atoms with Gasteiger partial charge in [0.25, 0.3) is 0 Å². The second-order valence-electron chi connectivity index (χ2n) is 4.04. The van der Waals surface area contributed by atoms with E-state index in [-0.39, 0.29) is 5.28 Å². The first kappa shape index (κ1) is 16.7. The van der Waals surface area contributed by atoms with Crippen LogP contribution in [0.15, 0.2) is 6.33 Å². The zero-order valence-electron chi connectivity index (χ0n) is 13.0. The third-order valence-corrected chi connectivity index (χ3v) is 3.10. The molecule has 1 aliphatic heterocycles. The second-order valence-corrected chi connectivity index (χ2v) is 4.38. The summed E-state index contributed by atoms with van der Waals surface area (Å²) in [6.07, 6.45) is 4.16. The van der Waals surface area contributed by atoms with E-state index >= 15 is 0 Å². The average Bonchev–Trinajstić information content (AvgIpc) is 3.13. The van der Waals surface area contributed by atoms with Gasteiger partial charge in [-0.25, -0.2) is 4.98 Å². The molecule has 0 aromatic carbocycles. The Hall–Kier alpha value is -1.36. The van der Waals surface area contributed by atoms with Crippen molar-refractivity contribution in [3.63, 3.8) is 0 Å². The number of fused-ring (bicyclic) bond motifs is 1. The number of aryl methyl sites for hydroxylation is 1. The van der Waals surface area contributed by atoms with E-state index in [2.05, 4.69) is 19.9 Å². The number of hydrogen-bond donors (Lipinski definition) is 0. The van der Waals surface area contributed by atoms with Crippen molar-refractivity contribution in [1.29, 1.82) is 0 Å². The van der Waals surface area contributed by atoms with Crippen molar-refractivity contribution < 1.29 is 0 Å². The highest BCUT2D eigenvalue weighted by molar-refractivity contribution is 6.28. The van der Waals surface area contributed by atoms with Crippen molar-refractivity contribution in [3.05, 3.63) is 11.6 Å². The van der Waals surface area contributed by atoms with E-state index in [9.17, 15) is 0 Å². The van der Waals surface area contributed by atoms with Crippen LogP contribution in [0.5, 0.6) is 0 Å². The summed E-state index contributed by atoms with van der Waals surface area (Å²) in [5, 5.41) is 0.271. The molecule has 3 heterocycles. The van der Waals surface area contributed by atoms with Gasteiger partial charge in [0.2, 0.25) is 5.28 Å². The largest absolute Gasteiger partial charge is 0.355 e. The zero-order valence-corrected chi connectivity index (χ0v) is 13.8. The van der Waals surface area contributed by atoms with E-state index in [0.717, 1.165) is 24.4 Å². The Bertz CT molecular complexity index is 532. The summed E-state index contributed by atoms with van der Waals surface area (Å²) >= 11 is 5.91. The van der Waals surface area contributed by atoms with Gasteiger partial charge in [0.1, 0.15) is 5.52 Å². The molecule has 0 amide bonds. The molecule has 112 valence electrons. The molecule has 0 atom stereocenters. The molecule has 5 nitrogen and oxygen atoms in total. The molecule has 3 rings (SSSR count). The van der Waals surface area contributed by atoms with Gasteiger partial charge in [0.05, 0.1) is 6.33 Å². The van der Waals surface area contributed by atoms with Crippen molar-refractivity contribution in [2.75, 3.05) is 18.0 Å². The van der Waals surface area contributed by atoms with E-state index in [4.69, 9.17) is 11.6 Å². The molecule has 20 heavy (non-hydrogen) atoms. The summed E-state index contributed by atoms with van der Waals surface area (Å²) in [4.78, 5) is 14.9. The Morgan fingerprint density at radius 1 is 1.05 bits per heavy atom. The van der Waals surface area contributed by atoms with Gasteiger partial charge in [-0.1, -0.05) is 27.7 Å². The third-order valence-electron chi connectivity index (χ3n) is 2.93. The third kappa shape index (κ3) is 3.39. The van der Waals surface area contributed by atoms with Crippen LogP contribution < -0.4 is 4.90 Å². The summed E-state index contributed by atoms with van der Waals surface area (Å²) in [6, 6.07) is 0. The number of imidazole rings is 1. The van der Waals surface area contributed by atoms with Crippen LogP contribution in [-0.4, -0.2) is 32.6 Å². The maximum atomic E-state index is 5.91.